The largest absolute Gasteiger partial charge is 0.316 e. The van der Waals surface area contributed by atoms with Crippen LogP contribution in [0.3, 0.4) is 0 Å². The van der Waals surface area contributed by atoms with Crippen LogP contribution in [0.15, 0.2) is 0 Å². The van der Waals surface area contributed by atoms with E-state index in [1.54, 1.807) is 0 Å². The summed E-state index contributed by atoms with van der Waals surface area (Å²) in [5.74, 6) is 0. The van der Waals surface area contributed by atoms with Gasteiger partial charge in [-0.05, 0) is 56.1 Å². The smallest absolute Gasteiger partial charge is 0.00480 e. The summed E-state index contributed by atoms with van der Waals surface area (Å²) in [6.45, 7) is 13.7. The first-order chi connectivity index (χ1) is 7.49. The van der Waals surface area contributed by atoms with Gasteiger partial charge in [-0.15, -0.1) is 12.4 Å². The lowest BCUT2D eigenvalue weighted by atomic mass is 9.85. The van der Waals surface area contributed by atoms with Gasteiger partial charge in [0.05, 0.1) is 0 Å². The lowest BCUT2D eigenvalue weighted by molar-refractivity contribution is 0.177. The van der Waals surface area contributed by atoms with Crippen LogP contribution in [-0.4, -0.2) is 37.6 Å². The predicted octanol–water partition coefficient (Wildman–Crippen LogP) is 2.92. The quantitative estimate of drug-likeness (QED) is 0.821. The minimum Gasteiger partial charge on any atom is -0.316 e. The number of nitrogens with one attached hydrogen (secondary N) is 1. The first kappa shape index (κ1) is 15.3. The van der Waals surface area contributed by atoms with Crippen molar-refractivity contribution in [1.29, 1.82) is 0 Å². The van der Waals surface area contributed by atoms with Crippen molar-refractivity contribution in [3.8, 4) is 0 Å². The van der Waals surface area contributed by atoms with Gasteiger partial charge >= 0.3 is 0 Å². The second-order valence-corrected chi connectivity index (χ2v) is 7.03. The first-order valence-corrected chi connectivity index (χ1v) is 6.92. The highest BCUT2D eigenvalue weighted by Crippen LogP contribution is 2.32. The SMILES string of the molecule is CC1(C)CCCN(CC2(C)CCNC2)CC1.Cl. The molecule has 0 saturated carbocycles. The Labute approximate surface area is 113 Å². The van der Waals surface area contributed by atoms with Gasteiger partial charge in [0.1, 0.15) is 0 Å². The van der Waals surface area contributed by atoms with Crippen LogP contribution in [0.2, 0.25) is 0 Å². The van der Waals surface area contributed by atoms with Crippen LogP contribution < -0.4 is 5.32 Å². The molecule has 3 heteroatoms. The van der Waals surface area contributed by atoms with Gasteiger partial charge in [-0.1, -0.05) is 20.8 Å². The molecule has 0 bridgehead atoms. The van der Waals surface area contributed by atoms with E-state index in [9.17, 15) is 0 Å². The Hall–Kier alpha value is 0.210. The number of halogens is 1. The average Bonchev–Trinajstić information content (AvgIpc) is 2.54. The zero-order chi connectivity index (χ0) is 11.6. The molecule has 17 heavy (non-hydrogen) atoms. The Morgan fingerprint density at radius 2 is 1.82 bits per heavy atom. The van der Waals surface area contributed by atoms with Crippen LogP contribution in [0.1, 0.15) is 46.5 Å². The lowest BCUT2D eigenvalue weighted by Gasteiger charge is -2.31. The Bertz CT molecular complexity index is 234. The van der Waals surface area contributed by atoms with Gasteiger partial charge < -0.3 is 10.2 Å². The van der Waals surface area contributed by atoms with Gasteiger partial charge in [0.25, 0.3) is 0 Å². The maximum Gasteiger partial charge on any atom is 0.00480 e. The fourth-order valence-corrected chi connectivity index (χ4v) is 3.18. The van der Waals surface area contributed by atoms with Gasteiger partial charge in [0.2, 0.25) is 0 Å². The standard InChI is InChI=1S/C14H28N2.ClH/c1-13(2)5-4-9-16(10-7-13)12-14(3)6-8-15-11-14;/h15H,4-12H2,1-3H3;1H. The molecule has 0 aliphatic carbocycles. The van der Waals surface area contributed by atoms with Crippen molar-refractivity contribution in [1.82, 2.24) is 10.2 Å². The molecule has 2 heterocycles. The van der Waals surface area contributed by atoms with Gasteiger partial charge in [-0.3, -0.25) is 0 Å². The normalized spacial score (nSPS) is 34.1. The van der Waals surface area contributed by atoms with Crippen molar-refractivity contribution in [3.05, 3.63) is 0 Å². The van der Waals surface area contributed by atoms with Gasteiger partial charge in [0.15, 0.2) is 0 Å². The number of hydrogen-bond donors (Lipinski definition) is 1. The molecular weight excluding hydrogens is 232 g/mol. The first-order valence-electron chi connectivity index (χ1n) is 6.92. The zero-order valence-electron chi connectivity index (χ0n) is 11.7. The van der Waals surface area contributed by atoms with Crippen LogP contribution in [-0.2, 0) is 0 Å². The fraction of sp³-hybridized carbons (Fsp3) is 1.00. The summed E-state index contributed by atoms with van der Waals surface area (Å²) in [5, 5.41) is 3.51. The van der Waals surface area contributed by atoms with E-state index in [1.807, 2.05) is 0 Å². The van der Waals surface area contributed by atoms with Crippen molar-refractivity contribution < 1.29 is 0 Å². The molecule has 2 rings (SSSR count). The molecule has 0 radical (unpaired) electrons. The van der Waals surface area contributed by atoms with Gasteiger partial charge in [-0.2, -0.15) is 0 Å². The topological polar surface area (TPSA) is 15.3 Å². The number of hydrogen-bond acceptors (Lipinski definition) is 2. The van der Waals surface area contributed by atoms with Crippen LogP contribution in [0, 0.1) is 10.8 Å². The lowest BCUT2D eigenvalue weighted by Crippen LogP contribution is -2.38. The third kappa shape index (κ3) is 4.42. The van der Waals surface area contributed by atoms with E-state index in [2.05, 4.69) is 31.0 Å². The summed E-state index contributed by atoms with van der Waals surface area (Å²) < 4.78 is 0. The van der Waals surface area contributed by atoms with Crippen LogP contribution in [0.5, 0.6) is 0 Å². The van der Waals surface area contributed by atoms with Gasteiger partial charge in [0, 0.05) is 13.1 Å². The minimum absolute atomic E-state index is 0. The molecule has 0 aromatic rings. The van der Waals surface area contributed by atoms with E-state index in [0.29, 0.717) is 10.8 Å². The van der Waals surface area contributed by atoms with E-state index in [0.717, 1.165) is 0 Å². The second kappa shape index (κ2) is 5.90. The maximum atomic E-state index is 3.51. The Morgan fingerprint density at radius 3 is 2.47 bits per heavy atom. The Morgan fingerprint density at radius 1 is 1.06 bits per heavy atom. The summed E-state index contributed by atoms with van der Waals surface area (Å²) >= 11 is 0. The van der Waals surface area contributed by atoms with Crippen LogP contribution >= 0.6 is 12.4 Å². The highest BCUT2D eigenvalue weighted by molar-refractivity contribution is 5.85. The molecule has 2 aliphatic rings. The predicted molar refractivity (Wildman–Crippen MR) is 76.9 cm³/mol. The average molecular weight is 261 g/mol. The Kier molecular flexibility index (Phi) is 5.30. The van der Waals surface area contributed by atoms with E-state index in [-0.39, 0.29) is 12.4 Å². The monoisotopic (exact) mass is 260 g/mol. The van der Waals surface area contributed by atoms with E-state index < -0.39 is 0 Å². The molecule has 2 aliphatic heterocycles. The molecule has 0 spiro atoms. The van der Waals surface area contributed by atoms with E-state index in [4.69, 9.17) is 0 Å². The summed E-state index contributed by atoms with van der Waals surface area (Å²) in [4.78, 5) is 2.71. The molecule has 1 N–H and O–H groups in total. The zero-order valence-corrected chi connectivity index (χ0v) is 12.5. The number of likely N-dealkylation sites (tertiary alicyclic amines) is 1. The molecule has 1 unspecified atom stereocenters. The van der Waals surface area contributed by atoms with Crippen LogP contribution in [0.4, 0.5) is 0 Å². The molecular formula is C14H29ClN2. The summed E-state index contributed by atoms with van der Waals surface area (Å²) in [5.41, 5.74) is 1.11. The molecule has 2 saturated heterocycles. The molecule has 2 fully saturated rings. The molecule has 0 amide bonds. The third-order valence-corrected chi connectivity index (χ3v) is 4.50. The Balaban J connectivity index is 0.00000144. The third-order valence-electron chi connectivity index (χ3n) is 4.50. The molecule has 0 aromatic carbocycles. The van der Waals surface area contributed by atoms with Gasteiger partial charge in [-0.25, -0.2) is 0 Å². The second-order valence-electron chi connectivity index (χ2n) is 7.03. The number of rotatable bonds is 2. The van der Waals surface area contributed by atoms with Crippen molar-refractivity contribution in [3.63, 3.8) is 0 Å². The van der Waals surface area contributed by atoms with Crippen molar-refractivity contribution in [2.24, 2.45) is 10.8 Å². The van der Waals surface area contributed by atoms with Crippen molar-refractivity contribution in [2.75, 3.05) is 32.7 Å². The highest BCUT2D eigenvalue weighted by atomic mass is 35.5. The van der Waals surface area contributed by atoms with E-state index in [1.165, 1.54) is 58.4 Å². The van der Waals surface area contributed by atoms with E-state index >= 15 is 0 Å². The van der Waals surface area contributed by atoms with Crippen molar-refractivity contribution in [2.45, 2.75) is 46.5 Å². The number of nitrogens with zero attached hydrogens (tertiary/aromatic N) is 1. The summed E-state index contributed by atoms with van der Waals surface area (Å²) in [6, 6.07) is 0. The van der Waals surface area contributed by atoms with Crippen LogP contribution in [0.25, 0.3) is 0 Å². The molecule has 1 atom stereocenters. The highest BCUT2D eigenvalue weighted by Gasteiger charge is 2.32. The summed E-state index contributed by atoms with van der Waals surface area (Å²) in [6.07, 6.45) is 5.51. The summed E-state index contributed by atoms with van der Waals surface area (Å²) in [7, 11) is 0. The molecule has 0 aromatic heterocycles. The minimum atomic E-state index is 0. The molecule has 2 nitrogen and oxygen atoms in total. The maximum absolute atomic E-state index is 3.51. The molecule has 102 valence electrons. The fourth-order valence-electron chi connectivity index (χ4n) is 3.18. The van der Waals surface area contributed by atoms with Crippen molar-refractivity contribution >= 4 is 12.4 Å².